The number of aryl methyl sites for hydroxylation is 2. The number of benzene rings is 1. The van der Waals surface area contributed by atoms with E-state index in [1.165, 1.54) is 6.07 Å². The van der Waals surface area contributed by atoms with Crippen LogP contribution < -0.4 is 10.6 Å². The SMILES string of the molecule is Cc1cccc(NC(=O)CN(C)CC(=O)Nc2ccc(C)c(S(=O)(=O)N3CCCCCC3)c2)n1. The lowest BCUT2D eigenvalue weighted by molar-refractivity contribution is -0.119. The molecule has 1 aromatic carbocycles. The van der Waals surface area contributed by atoms with E-state index >= 15 is 0 Å². The van der Waals surface area contributed by atoms with Crippen LogP contribution in [-0.4, -0.2) is 67.6 Å². The molecule has 184 valence electrons. The number of rotatable bonds is 8. The smallest absolute Gasteiger partial charge is 0.243 e. The van der Waals surface area contributed by atoms with Crippen molar-refractivity contribution in [3.8, 4) is 0 Å². The number of likely N-dealkylation sites (N-methyl/N-ethyl adjacent to an activating group) is 1. The van der Waals surface area contributed by atoms with Crippen molar-refractivity contribution >= 4 is 33.3 Å². The summed E-state index contributed by atoms with van der Waals surface area (Å²) in [7, 11) is -1.97. The molecule has 34 heavy (non-hydrogen) atoms. The minimum absolute atomic E-state index is 0.00549. The number of nitrogens with one attached hydrogen (secondary N) is 2. The van der Waals surface area contributed by atoms with Gasteiger partial charge in [-0.1, -0.05) is 25.0 Å². The Kier molecular flexibility index (Phi) is 8.76. The summed E-state index contributed by atoms with van der Waals surface area (Å²) < 4.78 is 28.0. The zero-order valence-corrected chi connectivity index (χ0v) is 20.8. The molecule has 0 aliphatic carbocycles. The molecule has 0 spiro atoms. The van der Waals surface area contributed by atoms with E-state index in [0.29, 0.717) is 30.2 Å². The number of pyridine rings is 1. The van der Waals surface area contributed by atoms with Gasteiger partial charge in [-0.25, -0.2) is 13.4 Å². The van der Waals surface area contributed by atoms with Gasteiger partial charge >= 0.3 is 0 Å². The Bertz CT molecular complexity index is 1130. The minimum atomic E-state index is -3.63. The lowest BCUT2D eigenvalue weighted by Crippen LogP contribution is -2.36. The molecule has 1 fully saturated rings. The molecule has 1 aromatic heterocycles. The van der Waals surface area contributed by atoms with Crippen LogP contribution in [0.3, 0.4) is 0 Å². The molecule has 0 saturated carbocycles. The van der Waals surface area contributed by atoms with Crippen LogP contribution in [0, 0.1) is 13.8 Å². The number of sulfonamides is 1. The Morgan fingerprint density at radius 2 is 1.62 bits per heavy atom. The van der Waals surface area contributed by atoms with E-state index in [1.54, 1.807) is 47.4 Å². The van der Waals surface area contributed by atoms with Gasteiger partial charge in [0.15, 0.2) is 0 Å². The second kappa shape index (κ2) is 11.5. The van der Waals surface area contributed by atoms with Gasteiger partial charge in [-0.15, -0.1) is 0 Å². The van der Waals surface area contributed by atoms with Gasteiger partial charge in [0.25, 0.3) is 0 Å². The van der Waals surface area contributed by atoms with Crippen molar-refractivity contribution in [1.29, 1.82) is 0 Å². The van der Waals surface area contributed by atoms with Crippen LogP contribution in [0.1, 0.15) is 36.9 Å². The fourth-order valence-electron chi connectivity index (χ4n) is 3.92. The molecule has 0 atom stereocenters. The van der Waals surface area contributed by atoms with Crippen molar-refractivity contribution < 1.29 is 18.0 Å². The average molecular weight is 488 g/mol. The Morgan fingerprint density at radius 1 is 0.971 bits per heavy atom. The number of amides is 2. The molecular formula is C24H33N5O4S. The Morgan fingerprint density at radius 3 is 2.26 bits per heavy atom. The van der Waals surface area contributed by atoms with Gasteiger partial charge in [0, 0.05) is 24.5 Å². The van der Waals surface area contributed by atoms with Crippen molar-refractivity contribution in [3.05, 3.63) is 47.7 Å². The first kappa shape index (κ1) is 25.8. The maximum atomic E-state index is 13.2. The highest BCUT2D eigenvalue weighted by atomic mass is 32.2. The molecule has 1 saturated heterocycles. The topological polar surface area (TPSA) is 112 Å². The highest BCUT2D eigenvalue weighted by Gasteiger charge is 2.27. The molecule has 9 nitrogen and oxygen atoms in total. The Labute approximate surface area is 201 Å². The number of hydrogen-bond donors (Lipinski definition) is 2. The molecule has 2 amide bonds. The van der Waals surface area contributed by atoms with Crippen molar-refractivity contribution in [2.24, 2.45) is 0 Å². The summed E-state index contributed by atoms with van der Waals surface area (Å²) in [4.78, 5) is 30.8. The molecule has 2 aromatic rings. The normalized spacial score (nSPS) is 15.1. The van der Waals surface area contributed by atoms with Gasteiger partial charge in [0.1, 0.15) is 5.82 Å². The van der Waals surface area contributed by atoms with Crippen LogP contribution >= 0.6 is 0 Å². The van der Waals surface area contributed by atoms with Gasteiger partial charge in [0.05, 0.1) is 18.0 Å². The lowest BCUT2D eigenvalue weighted by Gasteiger charge is -2.22. The molecule has 2 N–H and O–H groups in total. The molecule has 0 unspecified atom stereocenters. The van der Waals surface area contributed by atoms with Crippen molar-refractivity contribution in [1.82, 2.24) is 14.2 Å². The average Bonchev–Trinajstić information content (AvgIpc) is 3.05. The summed E-state index contributed by atoms with van der Waals surface area (Å²) >= 11 is 0. The summed E-state index contributed by atoms with van der Waals surface area (Å²) in [6.07, 6.45) is 3.78. The third-order valence-corrected chi connectivity index (χ3v) is 7.68. The number of anilines is 2. The summed E-state index contributed by atoms with van der Waals surface area (Å²) in [6.45, 7) is 4.60. The minimum Gasteiger partial charge on any atom is -0.325 e. The molecule has 3 rings (SSSR count). The van der Waals surface area contributed by atoms with Crippen LogP contribution in [-0.2, 0) is 19.6 Å². The van der Waals surface area contributed by atoms with E-state index in [-0.39, 0.29) is 29.8 Å². The Hall–Kier alpha value is -2.82. The zero-order chi connectivity index (χ0) is 24.7. The second-order valence-electron chi connectivity index (χ2n) is 8.73. The second-order valence-corrected chi connectivity index (χ2v) is 10.6. The monoisotopic (exact) mass is 487 g/mol. The van der Waals surface area contributed by atoms with Crippen LogP contribution in [0.15, 0.2) is 41.3 Å². The molecule has 2 heterocycles. The van der Waals surface area contributed by atoms with Gasteiger partial charge in [-0.3, -0.25) is 14.5 Å². The van der Waals surface area contributed by atoms with E-state index in [1.807, 2.05) is 13.0 Å². The van der Waals surface area contributed by atoms with Crippen molar-refractivity contribution in [3.63, 3.8) is 0 Å². The first-order chi connectivity index (χ1) is 16.1. The maximum absolute atomic E-state index is 13.2. The Balaban J connectivity index is 1.59. The predicted molar refractivity (Wildman–Crippen MR) is 132 cm³/mol. The first-order valence-electron chi connectivity index (χ1n) is 11.5. The lowest BCUT2D eigenvalue weighted by atomic mass is 10.2. The number of carbonyl (C=O) groups excluding carboxylic acids is 2. The first-order valence-corrected chi connectivity index (χ1v) is 12.9. The number of carbonyl (C=O) groups is 2. The van der Waals surface area contributed by atoms with E-state index in [0.717, 1.165) is 31.4 Å². The van der Waals surface area contributed by atoms with Crippen molar-refractivity contribution in [2.45, 2.75) is 44.4 Å². The molecule has 1 aliphatic rings. The fraction of sp³-hybridized carbons (Fsp3) is 0.458. The summed E-state index contributed by atoms with van der Waals surface area (Å²) in [5, 5.41) is 5.46. The molecule has 1 aliphatic heterocycles. The summed E-state index contributed by atoms with van der Waals surface area (Å²) in [5.74, 6) is -0.166. The van der Waals surface area contributed by atoms with E-state index in [9.17, 15) is 18.0 Å². The highest BCUT2D eigenvalue weighted by Crippen LogP contribution is 2.25. The predicted octanol–water partition coefficient (Wildman–Crippen LogP) is 2.77. The number of nitrogens with zero attached hydrogens (tertiary/aromatic N) is 3. The van der Waals surface area contributed by atoms with Gasteiger partial charge in [0.2, 0.25) is 21.8 Å². The molecular weight excluding hydrogens is 454 g/mol. The van der Waals surface area contributed by atoms with Crippen molar-refractivity contribution in [2.75, 3.05) is 43.9 Å². The third-order valence-electron chi connectivity index (χ3n) is 5.64. The molecule has 10 heteroatoms. The van der Waals surface area contributed by atoms with Crippen LogP contribution in [0.25, 0.3) is 0 Å². The zero-order valence-electron chi connectivity index (χ0n) is 20.0. The fourth-order valence-corrected chi connectivity index (χ4v) is 5.69. The largest absolute Gasteiger partial charge is 0.325 e. The standard InChI is InChI=1S/C24H33N5O4S/c1-18-11-12-20(15-21(18)34(32,33)29-13-6-4-5-7-14-29)26-23(30)16-28(3)17-24(31)27-22-10-8-9-19(2)25-22/h8-12,15H,4-7,13-14,16-17H2,1-3H3,(H,26,30)(H,25,27,31). The molecule has 0 radical (unpaired) electrons. The van der Waals surface area contributed by atoms with Gasteiger partial charge < -0.3 is 10.6 Å². The summed E-state index contributed by atoms with van der Waals surface area (Å²) in [6, 6.07) is 10.2. The highest BCUT2D eigenvalue weighted by molar-refractivity contribution is 7.89. The number of hydrogen-bond acceptors (Lipinski definition) is 6. The van der Waals surface area contributed by atoms with Gasteiger partial charge in [-0.2, -0.15) is 4.31 Å². The third kappa shape index (κ3) is 7.09. The van der Waals surface area contributed by atoms with Crippen LogP contribution in [0.4, 0.5) is 11.5 Å². The van der Waals surface area contributed by atoms with E-state index in [4.69, 9.17) is 0 Å². The van der Waals surface area contributed by atoms with E-state index < -0.39 is 10.0 Å². The quantitative estimate of drug-likeness (QED) is 0.592. The van der Waals surface area contributed by atoms with Gasteiger partial charge in [-0.05, 0) is 63.6 Å². The molecule has 0 bridgehead atoms. The number of aromatic nitrogens is 1. The maximum Gasteiger partial charge on any atom is 0.243 e. The van der Waals surface area contributed by atoms with Crippen LogP contribution in [0.5, 0.6) is 0 Å². The summed E-state index contributed by atoms with van der Waals surface area (Å²) in [5.41, 5.74) is 1.84. The van der Waals surface area contributed by atoms with E-state index in [2.05, 4.69) is 15.6 Å². The van der Waals surface area contributed by atoms with Crippen LogP contribution in [0.2, 0.25) is 0 Å².